The van der Waals surface area contributed by atoms with Gasteiger partial charge in [0.25, 0.3) is 0 Å². The summed E-state index contributed by atoms with van der Waals surface area (Å²) in [5, 5.41) is 9.08. The van der Waals surface area contributed by atoms with Crippen LogP contribution in [-0.4, -0.2) is 50.7 Å². The number of imidazole rings is 1. The zero-order valence-electron chi connectivity index (χ0n) is 22.1. The van der Waals surface area contributed by atoms with Crippen molar-refractivity contribution in [2.24, 2.45) is 5.10 Å². The number of aromatic nitrogens is 2. The number of carbonyl (C=O) groups is 2. The molecule has 0 radical (unpaired) electrons. The number of nitrogens with one attached hydrogen (secondary N) is 1. The van der Waals surface area contributed by atoms with Crippen LogP contribution in [-0.2, 0) is 22.6 Å². The normalized spacial score (nSPS) is 15.9. The first-order valence-corrected chi connectivity index (χ1v) is 13.9. The summed E-state index contributed by atoms with van der Waals surface area (Å²) < 4.78 is 15.8. The molecular weight excluding hydrogens is 479 g/mol. The van der Waals surface area contributed by atoms with E-state index in [0.29, 0.717) is 32.3 Å². The van der Waals surface area contributed by atoms with E-state index in [1.165, 1.54) is 11.8 Å². The minimum absolute atomic E-state index is 0.211. The average molecular weight is 519 g/mol. The van der Waals surface area contributed by atoms with Gasteiger partial charge in [-0.25, -0.2) is 9.99 Å². The molecule has 2 aliphatic heterocycles. The number of aryl methyl sites for hydroxylation is 1. The molecule has 2 aromatic heterocycles. The standard InChI is InChI=1S/C24H33FN6O2S.C2H6/c1-4-6-24(33)29-11-10-20-19(14-29)27-16(3)31(20)17(5-2)13-23-28-30(23)12-9-18(26-15-32)21-7-8-22(25)34-21;1-2/h7-8,15,17-18H,4-6,9-14H2,1-3H3,(H,26,32);1-2H3. The molecule has 0 aliphatic carbocycles. The van der Waals surface area contributed by atoms with E-state index >= 15 is 0 Å². The first-order valence-electron chi connectivity index (χ1n) is 13.1. The second-order valence-corrected chi connectivity index (χ2v) is 9.98. The number of hydrazone groups is 1. The van der Waals surface area contributed by atoms with Gasteiger partial charge in [0, 0.05) is 49.0 Å². The van der Waals surface area contributed by atoms with Crippen molar-refractivity contribution in [1.82, 2.24) is 24.8 Å². The predicted molar refractivity (Wildman–Crippen MR) is 141 cm³/mol. The van der Waals surface area contributed by atoms with Crippen molar-refractivity contribution in [3.05, 3.63) is 39.4 Å². The van der Waals surface area contributed by atoms with Crippen LogP contribution >= 0.6 is 11.3 Å². The number of carbonyl (C=O) groups excluding carboxylic acids is 2. The number of halogens is 1. The molecule has 8 nitrogen and oxygen atoms in total. The van der Waals surface area contributed by atoms with E-state index in [1.807, 2.05) is 37.6 Å². The highest BCUT2D eigenvalue weighted by Crippen LogP contribution is 2.31. The van der Waals surface area contributed by atoms with Crippen molar-refractivity contribution in [3.8, 4) is 0 Å². The van der Waals surface area contributed by atoms with Crippen LogP contribution in [0.5, 0.6) is 0 Å². The highest BCUT2D eigenvalue weighted by molar-refractivity contribution is 7.10. The minimum atomic E-state index is -0.251. The lowest BCUT2D eigenvalue weighted by Crippen LogP contribution is -2.36. The fourth-order valence-electron chi connectivity index (χ4n) is 4.84. The first-order chi connectivity index (χ1) is 17.4. The molecule has 198 valence electrons. The molecule has 0 fully saturated rings. The van der Waals surface area contributed by atoms with E-state index in [1.54, 1.807) is 6.07 Å². The van der Waals surface area contributed by atoms with Crippen molar-refractivity contribution < 1.29 is 14.0 Å². The molecule has 0 spiro atoms. The van der Waals surface area contributed by atoms with Gasteiger partial charge in [-0.15, -0.1) is 11.3 Å². The van der Waals surface area contributed by atoms with Crippen LogP contribution in [0.3, 0.4) is 0 Å². The molecule has 0 saturated heterocycles. The van der Waals surface area contributed by atoms with Gasteiger partial charge < -0.3 is 14.8 Å². The number of rotatable bonds is 12. The summed E-state index contributed by atoms with van der Waals surface area (Å²) in [7, 11) is 0. The summed E-state index contributed by atoms with van der Waals surface area (Å²) in [5.74, 6) is 2.25. The number of amides is 2. The highest BCUT2D eigenvalue weighted by Gasteiger charge is 2.32. The van der Waals surface area contributed by atoms with Crippen LogP contribution in [0.4, 0.5) is 4.39 Å². The zero-order chi connectivity index (χ0) is 26.2. The van der Waals surface area contributed by atoms with Gasteiger partial charge in [0.1, 0.15) is 11.7 Å². The number of nitrogens with zero attached hydrogens (tertiary/aromatic N) is 5. The van der Waals surface area contributed by atoms with Crippen LogP contribution in [0.15, 0.2) is 17.2 Å². The molecule has 2 aliphatic rings. The highest BCUT2D eigenvalue weighted by atomic mass is 32.1. The molecule has 1 N–H and O–H groups in total. The summed E-state index contributed by atoms with van der Waals surface area (Å²) >= 11 is 1.06. The van der Waals surface area contributed by atoms with Gasteiger partial charge in [0.2, 0.25) is 12.3 Å². The Balaban J connectivity index is 0.00000176. The predicted octanol–water partition coefficient (Wildman–Crippen LogP) is 4.95. The molecule has 10 heteroatoms. The number of thiophene rings is 1. The Kier molecular flexibility index (Phi) is 10.0. The molecule has 4 rings (SSSR count). The summed E-state index contributed by atoms with van der Waals surface area (Å²) in [6.07, 6.45) is 5.38. The number of hydrogen-bond acceptors (Lipinski definition) is 6. The second-order valence-electron chi connectivity index (χ2n) is 8.91. The molecule has 0 saturated carbocycles. The van der Waals surface area contributed by atoms with Gasteiger partial charge in [0.15, 0.2) is 5.13 Å². The SMILES string of the molecule is CC.CCCC(=O)N1CCc2c(nc(C)n2C(CC)CC2=NN2CCC(NC=O)c2ccc(F)s2)C1. The third-order valence-electron chi connectivity index (χ3n) is 6.63. The average Bonchev–Trinajstić information content (AvgIpc) is 3.33. The van der Waals surface area contributed by atoms with E-state index in [2.05, 4.69) is 21.9 Å². The lowest BCUT2D eigenvalue weighted by molar-refractivity contribution is -0.132. The Morgan fingerprint density at radius 3 is 2.72 bits per heavy atom. The van der Waals surface area contributed by atoms with Crippen molar-refractivity contribution in [2.75, 3.05) is 13.1 Å². The van der Waals surface area contributed by atoms with E-state index in [0.717, 1.165) is 65.8 Å². The topological polar surface area (TPSA) is 82.6 Å². The van der Waals surface area contributed by atoms with E-state index < -0.39 is 0 Å². The smallest absolute Gasteiger partial charge is 0.222 e. The van der Waals surface area contributed by atoms with Crippen LogP contribution in [0.25, 0.3) is 0 Å². The molecule has 2 amide bonds. The maximum atomic E-state index is 13.4. The molecule has 2 aromatic rings. The lowest BCUT2D eigenvalue weighted by atomic mass is 10.1. The first kappa shape index (κ1) is 27.8. The van der Waals surface area contributed by atoms with E-state index in [9.17, 15) is 14.0 Å². The monoisotopic (exact) mass is 518 g/mol. The fraction of sp³-hybridized carbons (Fsp3) is 0.615. The summed E-state index contributed by atoms with van der Waals surface area (Å²) in [6, 6.07) is 3.19. The van der Waals surface area contributed by atoms with Crippen molar-refractivity contribution in [2.45, 2.75) is 91.8 Å². The maximum Gasteiger partial charge on any atom is 0.222 e. The van der Waals surface area contributed by atoms with Crippen molar-refractivity contribution in [1.29, 1.82) is 0 Å². The molecule has 0 bridgehead atoms. The Bertz CT molecular complexity index is 1070. The molecule has 2 unspecified atom stereocenters. The molecule has 36 heavy (non-hydrogen) atoms. The fourth-order valence-corrected chi connectivity index (χ4v) is 5.66. The number of fused-ring (bicyclic) bond motifs is 1. The van der Waals surface area contributed by atoms with Crippen LogP contribution in [0.2, 0.25) is 0 Å². The third-order valence-corrected chi connectivity index (χ3v) is 7.62. The molecule has 0 aromatic carbocycles. The Morgan fingerprint density at radius 1 is 1.31 bits per heavy atom. The van der Waals surface area contributed by atoms with Crippen LogP contribution in [0, 0.1) is 12.1 Å². The van der Waals surface area contributed by atoms with Gasteiger partial charge >= 0.3 is 0 Å². The van der Waals surface area contributed by atoms with Gasteiger partial charge in [0.05, 0.1) is 18.3 Å². The van der Waals surface area contributed by atoms with Crippen LogP contribution in [0.1, 0.15) is 94.0 Å². The quantitative estimate of drug-likeness (QED) is 0.403. The zero-order valence-corrected chi connectivity index (χ0v) is 22.9. The summed E-state index contributed by atoms with van der Waals surface area (Å²) in [6.45, 7) is 12.3. The van der Waals surface area contributed by atoms with Gasteiger partial charge in [-0.1, -0.05) is 27.7 Å². The minimum Gasteiger partial charge on any atom is -0.351 e. The third kappa shape index (κ3) is 6.52. The van der Waals surface area contributed by atoms with E-state index in [-0.39, 0.29) is 23.1 Å². The van der Waals surface area contributed by atoms with Gasteiger partial charge in [-0.05, 0) is 38.3 Å². The lowest BCUT2D eigenvalue weighted by Gasteiger charge is -2.28. The maximum absolute atomic E-state index is 13.4. The molecular formula is C26H39FN6O2S. The number of hydrogen-bond donors (Lipinski definition) is 1. The van der Waals surface area contributed by atoms with E-state index in [4.69, 9.17) is 4.98 Å². The van der Waals surface area contributed by atoms with Gasteiger partial charge in [-0.3, -0.25) is 9.59 Å². The largest absolute Gasteiger partial charge is 0.351 e. The molecule has 4 heterocycles. The van der Waals surface area contributed by atoms with Gasteiger partial charge in [-0.2, -0.15) is 9.49 Å². The number of amidine groups is 1. The Hall–Kier alpha value is -2.75. The van der Waals surface area contributed by atoms with Crippen molar-refractivity contribution in [3.63, 3.8) is 0 Å². The van der Waals surface area contributed by atoms with Crippen molar-refractivity contribution >= 4 is 29.5 Å². The summed E-state index contributed by atoms with van der Waals surface area (Å²) in [5.41, 5.74) is 2.26. The van der Waals surface area contributed by atoms with Crippen LogP contribution < -0.4 is 5.32 Å². The Labute approximate surface area is 217 Å². The Morgan fingerprint density at radius 2 is 2.08 bits per heavy atom. The molecule has 2 atom stereocenters. The second kappa shape index (κ2) is 13.0. The summed E-state index contributed by atoms with van der Waals surface area (Å²) in [4.78, 5) is 30.9.